The molecule has 0 atom stereocenters. The van der Waals surface area contributed by atoms with Gasteiger partial charge in [0.1, 0.15) is 11.9 Å². The highest BCUT2D eigenvalue weighted by Crippen LogP contribution is 2.31. The number of carboxylic acid groups (broad SMARTS) is 1. The molecule has 1 aliphatic heterocycles. The van der Waals surface area contributed by atoms with Gasteiger partial charge in [0, 0.05) is 25.2 Å². The Kier molecular flexibility index (Phi) is 6.86. The molecule has 1 saturated carbocycles. The van der Waals surface area contributed by atoms with Crippen molar-refractivity contribution in [2.24, 2.45) is 0 Å². The van der Waals surface area contributed by atoms with E-state index in [-0.39, 0.29) is 23.8 Å². The third-order valence-corrected chi connectivity index (χ3v) is 6.52. The second-order valence-corrected chi connectivity index (χ2v) is 9.10. The summed E-state index contributed by atoms with van der Waals surface area (Å²) in [5.74, 6) is 0.521. The van der Waals surface area contributed by atoms with Gasteiger partial charge in [-0.15, -0.1) is 0 Å². The van der Waals surface area contributed by atoms with Crippen LogP contribution in [0, 0.1) is 6.92 Å². The molecule has 2 N–H and O–H groups in total. The molecule has 3 aromatic rings. The summed E-state index contributed by atoms with van der Waals surface area (Å²) in [6.07, 6.45) is -1.43. The van der Waals surface area contributed by atoms with Crippen molar-refractivity contribution in [1.29, 1.82) is 0 Å². The number of aryl methyl sites for hydroxylation is 1. The van der Waals surface area contributed by atoms with Gasteiger partial charge in [-0.05, 0) is 50.3 Å². The standard InChI is InChI=1S/C24H28F2N6O4/c1-14-2-7-17-18(12-14)32(22(28-17)21(25)26)19-13-20(30-23(29-19)31-8-10-35-11-9-31)36-16-5-3-15(4-6-16)27-24(33)34/h2,7,12-13,15-16,21,27H,3-6,8-11H2,1H3,(H,33,34)/t15-,16-. The first-order chi connectivity index (χ1) is 17.4. The molecular formula is C24H28F2N6O4. The third kappa shape index (κ3) is 5.18. The summed E-state index contributed by atoms with van der Waals surface area (Å²) in [4.78, 5) is 26.3. The molecule has 192 valence electrons. The highest BCUT2D eigenvalue weighted by Gasteiger charge is 2.27. The van der Waals surface area contributed by atoms with Crippen LogP contribution < -0.4 is 15.0 Å². The number of morpholine rings is 1. The fourth-order valence-electron chi connectivity index (χ4n) is 4.74. The second-order valence-electron chi connectivity index (χ2n) is 9.10. The molecule has 10 nitrogen and oxygen atoms in total. The van der Waals surface area contributed by atoms with Crippen LogP contribution in [0.3, 0.4) is 0 Å². The zero-order valence-electron chi connectivity index (χ0n) is 19.9. The molecule has 0 spiro atoms. The molecule has 2 aliphatic rings. The van der Waals surface area contributed by atoms with E-state index in [4.69, 9.17) is 14.6 Å². The smallest absolute Gasteiger partial charge is 0.404 e. The second kappa shape index (κ2) is 10.2. The lowest BCUT2D eigenvalue weighted by Crippen LogP contribution is -2.39. The lowest BCUT2D eigenvalue weighted by molar-refractivity contribution is 0.120. The fraction of sp³-hybridized carbons (Fsp3) is 0.500. The lowest BCUT2D eigenvalue weighted by Gasteiger charge is -2.30. The maximum absolute atomic E-state index is 14.1. The van der Waals surface area contributed by atoms with Crippen LogP contribution in [0.5, 0.6) is 5.88 Å². The van der Waals surface area contributed by atoms with Crippen LogP contribution in [0.15, 0.2) is 24.3 Å². The highest BCUT2D eigenvalue weighted by atomic mass is 19.3. The Balaban J connectivity index is 1.51. The summed E-state index contributed by atoms with van der Waals surface area (Å²) >= 11 is 0. The van der Waals surface area contributed by atoms with E-state index in [0.717, 1.165) is 5.56 Å². The van der Waals surface area contributed by atoms with Crippen molar-refractivity contribution >= 4 is 23.1 Å². The third-order valence-electron chi connectivity index (χ3n) is 6.52. The highest BCUT2D eigenvalue weighted by molar-refractivity contribution is 5.79. The van der Waals surface area contributed by atoms with E-state index >= 15 is 0 Å². The largest absolute Gasteiger partial charge is 0.474 e. The molecule has 0 bridgehead atoms. The van der Waals surface area contributed by atoms with Gasteiger partial charge in [0.15, 0.2) is 5.82 Å². The number of nitrogens with zero attached hydrogens (tertiary/aromatic N) is 5. The number of hydrogen-bond donors (Lipinski definition) is 2. The maximum Gasteiger partial charge on any atom is 0.404 e. The lowest BCUT2D eigenvalue weighted by atomic mass is 9.93. The molecule has 3 heterocycles. The summed E-state index contributed by atoms with van der Waals surface area (Å²) in [6, 6.07) is 6.82. The van der Waals surface area contributed by atoms with Gasteiger partial charge in [-0.1, -0.05) is 6.07 Å². The van der Waals surface area contributed by atoms with Gasteiger partial charge in [-0.2, -0.15) is 9.97 Å². The van der Waals surface area contributed by atoms with Gasteiger partial charge in [-0.3, -0.25) is 4.57 Å². The summed E-state index contributed by atoms with van der Waals surface area (Å²) in [7, 11) is 0. The average molecular weight is 503 g/mol. The summed E-state index contributed by atoms with van der Waals surface area (Å²) in [5, 5.41) is 11.5. The number of rotatable bonds is 6. The number of halogens is 2. The minimum absolute atomic E-state index is 0.110. The zero-order valence-corrected chi connectivity index (χ0v) is 19.9. The van der Waals surface area contributed by atoms with Gasteiger partial charge in [0.2, 0.25) is 11.8 Å². The first-order valence-electron chi connectivity index (χ1n) is 12.0. The van der Waals surface area contributed by atoms with Gasteiger partial charge >= 0.3 is 6.09 Å². The Labute approximate surface area is 206 Å². The van der Waals surface area contributed by atoms with Crippen molar-refractivity contribution < 1.29 is 28.2 Å². The van der Waals surface area contributed by atoms with Crippen LogP contribution in [-0.4, -0.2) is 69.2 Å². The van der Waals surface area contributed by atoms with E-state index in [0.29, 0.717) is 69.0 Å². The Morgan fingerprint density at radius 2 is 1.89 bits per heavy atom. The minimum Gasteiger partial charge on any atom is -0.474 e. The molecule has 0 unspecified atom stereocenters. The summed E-state index contributed by atoms with van der Waals surface area (Å²) < 4.78 is 41.2. The number of fused-ring (bicyclic) bond motifs is 1. The van der Waals surface area contributed by atoms with E-state index in [1.54, 1.807) is 12.1 Å². The number of benzene rings is 1. The van der Waals surface area contributed by atoms with E-state index < -0.39 is 18.3 Å². The van der Waals surface area contributed by atoms with E-state index in [9.17, 15) is 13.6 Å². The van der Waals surface area contributed by atoms with E-state index in [1.807, 2.05) is 24.0 Å². The predicted octanol–water partition coefficient (Wildman–Crippen LogP) is 3.86. The van der Waals surface area contributed by atoms with Crippen molar-refractivity contribution in [1.82, 2.24) is 24.8 Å². The predicted molar refractivity (Wildman–Crippen MR) is 127 cm³/mol. The van der Waals surface area contributed by atoms with Crippen molar-refractivity contribution in [2.75, 3.05) is 31.2 Å². The molecule has 5 rings (SSSR count). The Morgan fingerprint density at radius 3 is 2.58 bits per heavy atom. The molecule has 1 saturated heterocycles. The first kappa shape index (κ1) is 24.2. The van der Waals surface area contributed by atoms with Crippen LogP contribution in [0.25, 0.3) is 16.9 Å². The molecule has 36 heavy (non-hydrogen) atoms. The van der Waals surface area contributed by atoms with Gasteiger partial charge in [0.25, 0.3) is 6.43 Å². The number of aromatic nitrogens is 4. The Bertz CT molecular complexity index is 1240. The van der Waals surface area contributed by atoms with Gasteiger partial charge < -0.3 is 24.8 Å². The van der Waals surface area contributed by atoms with Crippen molar-refractivity contribution in [3.05, 3.63) is 35.7 Å². The number of nitrogens with one attached hydrogen (secondary N) is 1. The number of anilines is 1. The first-order valence-corrected chi connectivity index (χ1v) is 12.0. The molecule has 12 heteroatoms. The molecule has 2 fully saturated rings. The van der Waals surface area contributed by atoms with Crippen LogP contribution in [0.1, 0.15) is 43.5 Å². The molecule has 1 aromatic carbocycles. The number of amides is 1. The molecule has 1 aliphatic carbocycles. The average Bonchev–Trinajstić information content (AvgIpc) is 3.24. The maximum atomic E-state index is 14.1. The number of imidazole rings is 1. The van der Waals surface area contributed by atoms with Crippen molar-refractivity contribution in [3.63, 3.8) is 0 Å². The number of carbonyl (C=O) groups is 1. The van der Waals surface area contributed by atoms with E-state index in [1.165, 1.54) is 4.57 Å². The number of alkyl halides is 2. The molecular weight excluding hydrogens is 474 g/mol. The molecule has 0 radical (unpaired) electrons. The topological polar surface area (TPSA) is 115 Å². The molecule has 2 aromatic heterocycles. The molecule has 1 amide bonds. The normalized spacial score (nSPS) is 20.6. The fourth-order valence-corrected chi connectivity index (χ4v) is 4.74. The van der Waals surface area contributed by atoms with Crippen LogP contribution in [0.4, 0.5) is 19.5 Å². The van der Waals surface area contributed by atoms with Crippen molar-refractivity contribution in [2.45, 2.75) is 51.2 Å². The number of hydrogen-bond acceptors (Lipinski definition) is 7. The Morgan fingerprint density at radius 1 is 1.14 bits per heavy atom. The van der Waals surface area contributed by atoms with Gasteiger partial charge in [0.05, 0.1) is 24.2 Å². The van der Waals surface area contributed by atoms with Crippen LogP contribution in [0.2, 0.25) is 0 Å². The van der Waals surface area contributed by atoms with E-state index in [2.05, 4.69) is 20.3 Å². The van der Waals surface area contributed by atoms with Crippen molar-refractivity contribution in [3.8, 4) is 11.7 Å². The van der Waals surface area contributed by atoms with Crippen LogP contribution >= 0.6 is 0 Å². The Hall–Kier alpha value is -3.54. The quantitative estimate of drug-likeness (QED) is 0.522. The summed E-state index contributed by atoms with van der Waals surface area (Å²) in [5.41, 5.74) is 1.90. The minimum atomic E-state index is -2.80. The van der Waals surface area contributed by atoms with Crippen LogP contribution in [-0.2, 0) is 4.74 Å². The monoisotopic (exact) mass is 502 g/mol. The van der Waals surface area contributed by atoms with Gasteiger partial charge in [-0.25, -0.2) is 18.6 Å². The summed E-state index contributed by atoms with van der Waals surface area (Å²) in [6.45, 7) is 4.06. The SMILES string of the molecule is Cc1ccc2nc(C(F)F)n(-c3cc(O[C@H]4CC[C@H](NC(=O)O)CC4)nc(N4CCOCC4)n3)c2c1. The number of ether oxygens (including phenoxy) is 2. The zero-order chi connectivity index (χ0) is 25.2.